The quantitative estimate of drug-likeness (QED) is 0.593. The fourth-order valence-electron chi connectivity index (χ4n) is 4.10. The maximum Gasteiger partial charge on any atom is 0.335 e. The molecule has 1 aromatic rings. The molecule has 0 saturated carbocycles. The third kappa shape index (κ3) is 2.80. The number of ether oxygens (including phenoxy) is 1. The molecule has 0 saturated heterocycles. The summed E-state index contributed by atoms with van der Waals surface area (Å²) in [5.74, 6) is 1.57. The number of hydrogen-bond acceptors (Lipinski definition) is 5. The van der Waals surface area contributed by atoms with Gasteiger partial charge in [0, 0.05) is 18.2 Å². The van der Waals surface area contributed by atoms with Gasteiger partial charge >= 0.3 is 5.88 Å². The van der Waals surface area contributed by atoms with E-state index >= 15 is 0 Å². The molecular weight excluding hydrogens is 340 g/mol. The molecule has 27 heavy (non-hydrogen) atoms. The Morgan fingerprint density at radius 3 is 2.93 bits per heavy atom. The molecule has 0 bridgehead atoms. The molecule has 1 aliphatic carbocycles. The number of fused-ring (bicyclic) bond motifs is 3. The highest BCUT2D eigenvalue weighted by atomic mass is 16.7. The van der Waals surface area contributed by atoms with Crippen molar-refractivity contribution in [3.05, 3.63) is 51.9 Å². The summed E-state index contributed by atoms with van der Waals surface area (Å²) in [4.78, 5) is 6.04. The minimum Gasteiger partial charge on any atom is -0.452 e. The Labute approximate surface area is 159 Å². The molecule has 142 valence electrons. The van der Waals surface area contributed by atoms with Gasteiger partial charge in [0.05, 0.1) is 30.9 Å². The van der Waals surface area contributed by atoms with Crippen LogP contribution in [0.4, 0.5) is 5.82 Å². The zero-order valence-electron chi connectivity index (χ0n) is 16.3. The maximum absolute atomic E-state index is 6.04. The van der Waals surface area contributed by atoms with Crippen molar-refractivity contribution in [2.45, 2.75) is 39.0 Å². The molecule has 4 rings (SSSR count). The Hall–Kier alpha value is -2.44. The van der Waals surface area contributed by atoms with Crippen molar-refractivity contribution in [3.8, 4) is 0 Å². The number of allylic oxidation sites excluding steroid dienone is 3. The Balaban J connectivity index is 1.93. The monoisotopic (exact) mass is 367 g/mol. The molecule has 3 aliphatic rings. The van der Waals surface area contributed by atoms with Crippen LogP contribution in [-0.4, -0.2) is 35.6 Å². The summed E-state index contributed by atoms with van der Waals surface area (Å²) in [6.45, 7) is 3.09. The van der Waals surface area contributed by atoms with Crippen molar-refractivity contribution in [1.29, 1.82) is 0 Å². The molecule has 1 N–H and O–H groups in total. The van der Waals surface area contributed by atoms with E-state index in [9.17, 15) is 0 Å². The first-order valence-corrected chi connectivity index (χ1v) is 9.69. The molecule has 6 heteroatoms. The van der Waals surface area contributed by atoms with Crippen LogP contribution >= 0.6 is 0 Å². The molecule has 1 aromatic heterocycles. The molecule has 1 atom stereocenters. The molecule has 0 fully saturated rings. The maximum atomic E-state index is 6.04. The van der Waals surface area contributed by atoms with Gasteiger partial charge in [0.25, 0.3) is 0 Å². The number of nitrogens with zero attached hydrogens (tertiary/aromatic N) is 3. The number of rotatable bonds is 7. The molecule has 0 aromatic carbocycles. The van der Waals surface area contributed by atoms with E-state index in [1.807, 2.05) is 0 Å². The van der Waals surface area contributed by atoms with Crippen LogP contribution in [-0.2, 0) is 9.57 Å². The second-order valence-corrected chi connectivity index (χ2v) is 7.04. The van der Waals surface area contributed by atoms with E-state index in [-0.39, 0.29) is 4.65 Å². The normalized spacial score (nSPS) is 22.6. The van der Waals surface area contributed by atoms with Gasteiger partial charge in [0.1, 0.15) is 0 Å². The fraction of sp³-hybridized carbons (Fsp3) is 0.429. The number of unbranched alkanes of at least 4 members (excludes halogenated alkanes) is 2. The largest absolute Gasteiger partial charge is 0.452 e. The van der Waals surface area contributed by atoms with Crippen LogP contribution < -0.4 is 15.8 Å². The smallest absolute Gasteiger partial charge is 0.335 e. The third-order valence-corrected chi connectivity index (χ3v) is 5.43. The number of aromatic nitrogens is 2. The van der Waals surface area contributed by atoms with E-state index in [0.717, 1.165) is 53.6 Å². The van der Waals surface area contributed by atoms with Gasteiger partial charge in [-0.2, -0.15) is 9.94 Å². The molecule has 0 spiro atoms. The van der Waals surface area contributed by atoms with Crippen molar-refractivity contribution in [2.75, 3.05) is 26.1 Å². The lowest BCUT2D eigenvalue weighted by atomic mass is 9.91. The highest BCUT2D eigenvalue weighted by molar-refractivity contribution is 5.74. The van der Waals surface area contributed by atoms with E-state index in [1.54, 1.807) is 20.4 Å². The van der Waals surface area contributed by atoms with Gasteiger partial charge in [-0.25, -0.2) is 0 Å². The second-order valence-electron chi connectivity index (χ2n) is 7.04. The predicted octanol–water partition coefficient (Wildman–Crippen LogP) is 2.46. The number of hydroxylamine groups is 3. The van der Waals surface area contributed by atoms with Crippen molar-refractivity contribution in [2.24, 2.45) is 0 Å². The van der Waals surface area contributed by atoms with Gasteiger partial charge < -0.3 is 10.1 Å². The Kier molecular flexibility index (Phi) is 4.85. The number of hydrogen-bond donors (Lipinski definition) is 1. The average Bonchev–Trinajstić information content (AvgIpc) is 3.07. The summed E-state index contributed by atoms with van der Waals surface area (Å²) in [7, 11) is 3.41. The molecule has 2 aliphatic heterocycles. The molecule has 3 heterocycles. The summed E-state index contributed by atoms with van der Waals surface area (Å²) in [5.41, 5.74) is 3.54. The number of methoxy groups -OCH3 is 1. The van der Waals surface area contributed by atoms with Gasteiger partial charge in [0.2, 0.25) is 0 Å². The van der Waals surface area contributed by atoms with Crippen LogP contribution in [0.1, 0.15) is 39.0 Å². The summed E-state index contributed by atoms with van der Waals surface area (Å²) < 4.78 is 5.87. The molecule has 1 unspecified atom stereocenters. The van der Waals surface area contributed by atoms with Crippen molar-refractivity contribution in [1.82, 2.24) is 10.2 Å². The van der Waals surface area contributed by atoms with E-state index in [4.69, 9.17) is 9.57 Å². The highest BCUT2D eigenvalue weighted by Crippen LogP contribution is 2.43. The summed E-state index contributed by atoms with van der Waals surface area (Å²) >= 11 is 0. The standard InChI is InChI=1S/C21H27N4O2/c1-4-5-8-11-22-21-19-16(13-23-24-21)14-25(27-3)18(26-2)12-15-9-6-7-10-17(15)20(19)25/h7,10,12-14H,4-6,8-9,11H2,1-3H3,(H,22,24)/q+1. The van der Waals surface area contributed by atoms with Crippen molar-refractivity contribution in [3.63, 3.8) is 0 Å². The first-order chi connectivity index (χ1) is 13.2. The van der Waals surface area contributed by atoms with Crippen LogP contribution in [0.3, 0.4) is 0 Å². The SMILES string of the molecule is CCCCCNc1nncc2c1=C1C3=C(C=C(OC)[N+]1(OC)C=2)CCC=C3. The average molecular weight is 367 g/mol. The van der Waals surface area contributed by atoms with Gasteiger partial charge in [-0.1, -0.05) is 36.6 Å². The highest BCUT2D eigenvalue weighted by Gasteiger charge is 2.49. The van der Waals surface area contributed by atoms with Gasteiger partial charge in [-0.3, -0.25) is 0 Å². The van der Waals surface area contributed by atoms with Crippen LogP contribution in [0.25, 0.3) is 11.9 Å². The van der Waals surface area contributed by atoms with Gasteiger partial charge in [0.15, 0.2) is 17.7 Å². The van der Waals surface area contributed by atoms with Crippen molar-refractivity contribution < 1.29 is 14.2 Å². The first-order valence-electron chi connectivity index (χ1n) is 9.69. The Morgan fingerprint density at radius 1 is 1.26 bits per heavy atom. The van der Waals surface area contributed by atoms with Crippen LogP contribution in [0, 0.1) is 0 Å². The minimum absolute atomic E-state index is 0.103. The number of quaternary nitrogens is 1. The summed E-state index contributed by atoms with van der Waals surface area (Å²) in [5, 5.41) is 14.2. The first kappa shape index (κ1) is 17.9. The summed E-state index contributed by atoms with van der Waals surface area (Å²) in [6.07, 6.45) is 15.9. The molecule has 0 radical (unpaired) electrons. The lowest BCUT2D eigenvalue weighted by molar-refractivity contribution is -0.962. The number of nitrogens with one attached hydrogen (secondary N) is 1. The van der Waals surface area contributed by atoms with Crippen molar-refractivity contribution >= 4 is 17.7 Å². The molecule has 6 nitrogen and oxygen atoms in total. The molecular formula is C21H27N4O2+. The topological polar surface area (TPSA) is 56.3 Å². The second kappa shape index (κ2) is 7.29. The third-order valence-electron chi connectivity index (χ3n) is 5.43. The summed E-state index contributed by atoms with van der Waals surface area (Å²) in [6, 6.07) is 0. The van der Waals surface area contributed by atoms with E-state index in [0.29, 0.717) is 0 Å². The Morgan fingerprint density at radius 2 is 2.15 bits per heavy atom. The number of anilines is 1. The van der Waals surface area contributed by atoms with E-state index < -0.39 is 0 Å². The van der Waals surface area contributed by atoms with E-state index in [1.165, 1.54) is 24.0 Å². The molecule has 0 amide bonds. The zero-order chi connectivity index (χ0) is 18.9. The fourth-order valence-corrected chi connectivity index (χ4v) is 4.10. The van der Waals surface area contributed by atoms with Crippen LogP contribution in [0.15, 0.2) is 41.5 Å². The Bertz CT molecular complexity index is 961. The lowest BCUT2D eigenvalue weighted by Crippen LogP contribution is -2.42. The van der Waals surface area contributed by atoms with Gasteiger partial charge in [-0.15, -0.1) is 5.10 Å². The zero-order valence-corrected chi connectivity index (χ0v) is 16.3. The minimum atomic E-state index is 0.103. The van der Waals surface area contributed by atoms with Gasteiger partial charge in [-0.05, 0) is 24.8 Å². The van der Waals surface area contributed by atoms with E-state index in [2.05, 4.69) is 46.9 Å². The van der Waals surface area contributed by atoms with Crippen LogP contribution in [0.5, 0.6) is 0 Å². The van der Waals surface area contributed by atoms with Crippen LogP contribution in [0.2, 0.25) is 0 Å². The predicted molar refractivity (Wildman–Crippen MR) is 105 cm³/mol. The lowest BCUT2D eigenvalue weighted by Gasteiger charge is -2.34.